The van der Waals surface area contributed by atoms with Gasteiger partial charge in [0.05, 0.1) is 6.07 Å². The minimum atomic E-state index is -0.446. The average molecular weight is 433 g/mol. The number of allylic oxidation sites excluding steroid dienone is 4. The van der Waals surface area contributed by atoms with Gasteiger partial charge in [-0.2, -0.15) is 5.26 Å². The number of carbonyl (C=O) groups excluding carboxylic acids is 1. The highest BCUT2D eigenvalue weighted by atomic mass is 35.5. The Bertz CT molecular complexity index is 694. The Morgan fingerprint density at radius 3 is 2.52 bits per heavy atom. The second kappa shape index (κ2) is 8.48. The summed E-state index contributed by atoms with van der Waals surface area (Å²) in [5, 5.41) is 9.40. The summed E-state index contributed by atoms with van der Waals surface area (Å²) in [6, 6.07) is 2.26. The molecule has 0 aromatic rings. The lowest BCUT2D eigenvalue weighted by molar-refractivity contribution is -0.118. The van der Waals surface area contributed by atoms with Gasteiger partial charge in [0.1, 0.15) is 5.92 Å². The molecule has 0 aliphatic heterocycles. The number of hydrogen-bond acceptors (Lipinski definition) is 2. The maximum absolute atomic E-state index is 12.2. The molecule has 152 valence electrons. The van der Waals surface area contributed by atoms with Gasteiger partial charge in [-0.05, 0) is 67.8 Å². The zero-order valence-corrected chi connectivity index (χ0v) is 18.9. The minimum absolute atomic E-state index is 0. The Balaban J connectivity index is 0.00000121. The molecular formula is C22H32Cl3NO. The lowest BCUT2D eigenvalue weighted by atomic mass is 9.50. The Morgan fingerprint density at radius 1 is 1.19 bits per heavy atom. The maximum Gasteiger partial charge on any atom is 0.172 e. The summed E-state index contributed by atoms with van der Waals surface area (Å²) in [6.45, 7) is 7.19. The molecule has 4 aliphatic rings. The van der Waals surface area contributed by atoms with Crippen molar-refractivity contribution < 1.29 is 4.79 Å². The van der Waals surface area contributed by atoms with Gasteiger partial charge in [-0.1, -0.05) is 44.4 Å². The van der Waals surface area contributed by atoms with Crippen LogP contribution in [-0.4, -0.2) is 5.78 Å². The SMILES string of the molecule is CC[C@H]1CC[C@H]2[C@@H]3CCC4=CC(=O)C(C#N)C[C@]4(C)C3=CC[C@]12C.Cl.Cl.Cl. The Hall–Kier alpha value is -0.490. The monoisotopic (exact) mass is 431 g/mol. The van der Waals surface area contributed by atoms with Gasteiger partial charge in [-0.3, -0.25) is 4.79 Å². The predicted molar refractivity (Wildman–Crippen MR) is 117 cm³/mol. The zero-order chi connectivity index (χ0) is 17.1. The van der Waals surface area contributed by atoms with Crippen LogP contribution in [0.3, 0.4) is 0 Å². The van der Waals surface area contributed by atoms with Crippen molar-refractivity contribution >= 4 is 43.0 Å². The first-order chi connectivity index (χ1) is 11.4. The van der Waals surface area contributed by atoms with Crippen molar-refractivity contribution in [1.29, 1.82) is 5.26 Å². The number of carbonyl (C=O) groups is 1. The van der Waals surface area contributed by atoms with Crippen molar-refractivity contribution in [2.75, 3.05) is 0 Å². The van der Waals surface area contributed by atoms with E-state index < -0.39 is 5.92 Å². The highest BCUT2D eigenvalue weighted by Crippen LogP contribution is 2.65. The van der Waals surface area contributed by atoms with Crippen LogP contribution in [0.1, 0.15) is 65.7 Å². The highest BCUT2D eigenvalue weighted by Gasteiger charge is 2.56. The van der Waals surface area contributed by atoms with E-state index in [1.165, 1.54) is 37.7 Å². The molecular weight excluding hydrogens is 401 g/mol. The van der Waals surface area contributed by atoms with Gasteiger partial charge < -0.3 is 0 Å². The van der Waals surface area contributed by atoms with Crippen LogP contribution in [0.15, 0.2) is 23.3 Å². The van der Waals surface area contributed by atoms with Crippen LogP contribution in [-0.2, 0) is 4.79 Å². The molecule has 0 aromatic carbocycles. The molecule has 27 heavy (non-hydrogen) atoms. The molecule has 0 heterocycles. The number of nitrogens with zero attached hydrogens (tertiary/aromatic N) is 1. The zero-order valence-electron chi connectivity index (χ0n) is 16.5. The predicted octanol–water partition coefficient (Wildman–Crippen LogP) is 6.48. The number of ketones is 1. The molecule has 6 atom stereocenters. The summed E-state index contributed by atoms with van der Waals surface area (Å²) in [5.41, 5.74) is 3.31. The first-order valence-electron chi connectivity index (χ1n) is 9.79. The largest absolute Gasteiger partial charge is 0.293 e. The second-order valence-corrected chi connectivity index (χ2v) is 9.09. The van der Waals surface area contributed by atoms with Gasteiger partial charge in [-0.15, -0.1) is 37.2 Å². The Morgan fingerprint density at radius 2 is 1.89 bits per heavy atom. The van der Waals surface area contributed by atoms with E-state index in [4.69, 9.17) is 0 Å². The fraction of sp³-hybridized carbons (Fsp3) is 0.727. The molecule has 0 N–H and O–H groups in total. The van der Waals surface area contributed by atoms with Crippen molar-refractivity contribution in [1.82, 2.24) is 0 Å². The summed E-state index contributed by atoms with van der Waals surface area (Å²) in [5.74, 6) is 1.94. The van der Waals surface area contributed by atoms with Gasteiger partial charge in [0, 0.05) is 5.41 Å². The lowest BCUT2D eigenvalue weighted by Crippen LogP contribution is -2.45. The molecule has 1 unspecified atom stereocenters. The topological polar surface area (TPSA) is 40.9 Å². The van der Waals surface area contributed by atoms with Crippen LogP contribution in [0, 0.1) is 45.8 Å². The number of halogens is 3. The number of nitriles is 1. The quantitative estimate of drug-likeness (QED) is 0.445. The summed E-state index contributed by atoms with van der Waals surface area (Å²) in [6.07, 6.45) is 12.6. The first kappa shape index (κ1) is 24.5. The normalized spacial score (nSPS) is 41.8. The van der Waals surface area contributed by atoms with Crippen LogP contribution in [0.25, 0.3) is 0 Å². The van der Waals surface area contributed by atoms with Gasteiger partial charge in [0.15, 0.2) is 5.78 Å². The van der Waals surface area contributed by atoms with Crippen molar-refractivity contribution in [2.24, 2.45) is 34.5 Å². The van der Waals surface area contributed by atoms with Crippen LogP contribution in [0.2, 0.25) is 0 Å². The standard InChI is InChI=1S/C22H29NO.3ClH/c1-4-15-6-8-18-17-7-5-16-11-20(24)14(13-23)12-22(16,3)19(17)9-10-21(15,18)2;;;/h9,11,14-15,17-18H,4-8,10,12H2,1-3H3;3*1H/t14?,15-,17-,18-,21+,22-;;;/m0.../s1. The molecule has 0 saturated heterocycles. The van der Waals surface area contributed by atoms with Gasteiger partial charge in [-0.25, -0.2) is 0 Å². The number of hydrogen-bond donors (Lipinski definition) is 0. The second-order valence-electron chi connectivity index (χ2n) is 9.09. The van der Waals surface area contributed by atoms with E-state index in [0.717, 1.165) is 18.3 Å². The fourth-order valence-corrected chi connectivity index (χ4v) is 6.82. The van der Waals surface area contributed by atoms with Crippen LogP contribution < -0.4 is 0 Å². The van der Waals surface area contributed by atoms with Crippen LogP contribution in [0.4, 0.5) is 0 Å². The number of fused-ring (bicyclic) bond motifs is 5. The molecule has 0 radical (unpaired) electrons. The number of rotatable bonds is 1. The van der Waals surface area contributed by atoms with E-state index in [9.17, 15) is 10.1 Å². The van der Waals surface area contributed by atoms with Crippen molar-refractivity contribution in [3.8, 4) is 6.07 Å². The summed E-state index contributed by atoms with van der Waals surface area (Å²) in [7, 11) is 0. The lowest BCUT2D eigenvalue weighted by Gasteiger charge is -2.54. The molecule has 0 bridgehead atoms. The molecule has 0 amide bonds. The highest BCUT2D eigenvalue weighted by molar-refractivity contribution is 5.95. The summed E-state index contributed by atoms with van der Waals surface area (Å²) >= 11 is 0. The molecule has 4 aliphatic carbocycles. The van der Waals surface area contributed by atoms with Gasteiger partial charge in [0.2, 0.25) is 0 Å². The van der Waals surface area contributed by atoms with E-state index in [1.807, 2.05) is 6.08 Å². The molecule has 5 heteroatoms. The molecule has 4 rings (SSSR count). The van der Waals surface area contributed by atoms with Crippen molar-refractivity contribution in [3.63, 3.8) is 0 Å². The Kier molecular flexibility index (Phi) is 7.71. The van der Waals surface area contributed by atoms with E-state index in [-0.39, 0.29) is 48.4 Å². The molecule has 0 aromatic heterocycles. The molecule has 2 saturated carbocycles. The van der Waals surface area contributed by atoms with Crippen LogP contribution >= 0.6 is 37.2 Å². The van der Waals surface area contributed by atoms with Gasteiger partial charge in [0.25, 0.3) is 0 Å². The third-order valence-electron chi connectivity index (χ3n) is 8.24. The maximum atomic E-state index is 12.2. The Labute approximate surface area is 182 Å². The fourth-order valence-electron chi connectivity index (χ4n) is 6.82. The van der Waals surface area contributed by atoms with E-state index in [2.05, 4.69) is 32.9 Å². The van der Waals surface area contributed by atoms with Crippen molar-refractivity contribution in [3.05, 3.63) is 23.3 Å². The van der Waals surface area contributed by atoms with Gasteiger partial charge >= 0.3 is 0 Å². The third-order valence-corrected chi connectivity index (χ3v) is 8.24. The summed E-state index contributed by atoms with van der Waals surface area (Å²) in [4.78, 5) is 12.2. The smallest absolute Gasteiger partial charge is 0.172 e. The third kappa shape index (κ3) is 3.39. The van der Waals surface area contributed by atoms with E-state index in [1.54, 1.807) is 5.57 Å². The van der Waals surface area contributed by atoms with E-state index >= 15 is 0 Å². The summed E-state index contributed by atoms with van der Waals surface area (Å²) < 4.78 is 0. The van der Waals surface area contributed by atoms with Crippen LogP contribution in [0.5, 0.6) is 0 Å². The first-order valence-corrected chi connectivity index (χ1v) is 9.79. The van der Waals surface area contributed by atoms with E-state index in [0.29, 0.717) is 17.8 Å². The molecule has 2 nitrogen and oxygen atoms in total. The molecule has 0 spiro atoms. The molecule has 2 fully saturated rings. The van der Waals surface area contributed by atoms with Crippen molar-refractivity contribution in [2.45, 2.75) is 65.7 Å². The minimum Gasteiger partial charge on any atom is -0.293 e. The average Bonchev–Trinajstić information content (AvgIpc) is 2.91.